The van der Waals surface area contributed by atoms with E-state index in [1.165, 1.54) is 11.0 Å². The first-order chi connectivity index (χ1) is 21.8. The third-order valence-electron chi connectivity index (χ3n) is 8.37. The standard InChI is InChI=1S/C24H35N11O8P2/c1-3-24(8-39-44)12(16(38-2)22(42-24)34-10-29-14-17(25)27-9-28-18(14)34)4-5-45-40-7-11-6-13(43-37)21(41-11)35-19-15(32-33-35)20(36)31-23(26)30-19/h9-13,16,21-22,37,45H,3-8,44H2,1-2H3,(H2,25,27,28)(H3,26,30,31,36)/t11-,12-,13+,16+,21+,22+,24+/m0/s1. The Morgan fingerprint density at radius 2 is 2.09 bits per heavy atom. The van der Waals surface area contributed by atoms with Crippen LogP contribution >= 0.6 is 18.3 Å². The molecule has 19 nitrogen and oxygen atoms in total. The zero-order chi connectivity index (χ0) is 31.7. The van der Waals surface area contributed by atoms with Crippen LogP contribution in [0.1, 0.15) is 38.6 Å². The van der Waals surface area contributed by atoms with Crippen LogP contribution in [0.25, 0.3) is 22.3 Å². The summed E-state index contributed by atoms with van der Waals surface area (Å²) in [6.45, 7) is 2.64. The summed E-state index contributed by atoms with van der Waals surface area (Å²) >= 11 is 0. The van der Waals surface area contributed by atoms with Gasteiger partial charge in [-0.2, -0.15) is 9.67 Å². The van der Waals surface area contributed by atoms with Gasteiger partial charge in [0.15, 0.2) is 35.1 Å². The first-order valence-electron chi connectivity index (χ1n) is 14.2. The molecular weight excluding hydrogens is 632 g/mol. The molecule has 2 aliphatic rings. The molecule has 2 saturated heterocycles. The summed E-state index contributed by atoms with van der Waals surface area (Å²) in [6, 6.07) is 0. The van der Waals surface area contributed by atoms with E-state index in [1.807, 2.05) is 4.57 Å². The highest BCUT2D eigenvalue weighted by molar-refractivity contribution is 7.32. The van der Waals surface area contributed by atoms with E-state index in [9.17, 15) is 10.1 Å². The second kappa shape index (κ2) is 13.4. The summed E-state index contributed by atoms with van der Waals surface area (Å²) in [5, 5.41) is 17.4. The Labute approximate surface area is 259 Å². The molecule has 45 heavy (non-hydrogen) atoms. The molecule has 4 aromatic heterocycles. The molecule has 0 amide bonds. The van der Waals surface area contributed by atoms with Crippen LogP contribution in [0.4, 0.5) is 11.8 Å². The first-order valence-corrected chi connectivity index (χ1v) is 15.8. The predicted octanol–water partition coefficient (Wildman–Crippen LogP) is 0.780. The highest BCUT2D eigenvalue weighted by atomic mass is 31.1. The van der Waals surface area contributed by atoms with Gasteiger partial charge in [0.05, 0.1) is 31.2 Å². The van der Waals surface area contributed by atoms with Crippen LogP contribution in [-0.2, 0) is 28.1 Å². The average molecular weight is 668 g/mol. The summed E-state index contributed by atoms with van der Waals surface area (Å²) in [6.07, 6.45) is 2.52. The predicted molar refractivity (Wildman–Crippen MR) is 163 cm³/mol. The highest BCUT2D eigenvalue weighted by Gasteiger charge is 2.55. The lowest BCUT2D eigenvalue weighted by molar-refractivity contribution is -0.294. The Morgan fingerprint density at radius 1 is 1.24 bits per heavy atom. The van der Waals surface area contributed by atoms with Gasteiger partial charge in [-0.05, 0) is 19.0 Å². The van der Waals surface area contributed by atoms with Crippen molar-refractivity contribution in [1.29, 1.82) is 0 Å². The molecule has 2 aliphatic heterocycles. The van der Waals surface area contributed by atoms with E-state index in [-0.39, 0.29) is 50.4 Å². The number of fused-ring (bicyclic) bond motifs is 2. The Balaban J connectivity index is 1.10. The van der Waals surface area contributed by atoms with E-state index in [0.717, 1.165) is 12.6 Å². The molecule has 0 radical (unpaired) electrons. The molecule has 0 saturated carbocycles. The topological polar surface area (TPSA) is 248 Å². The number of H-pyrrole nitrogens is 1. The maximum Gasteiger partial charge on any atom is 0.282 e. The molecule has 9 atom stereocenters. The van der Waals surface area contributed by atoms with Crippen molar-refractivity contribution < 1.29 is 33.4 Å². The number of anilines is 2. The van der Waals surface area contributed by atoms with Crippen LogP contribution in [-0.4, -0.2) is 100 Å². The molecule has 0 spiro atoms. The van der Waals surface area contributed by atoms with Gasteiger partial charge < -0.3 is 34.7 Å². The number of nitrogens with zero attached hydrogens (tertiary/aromatic N) is 8. The van der Waals surface area contributed by atoms with Crippen LogP contribution in [0.3, 0.4) is 0 Å². The molecule has 244 valence electrons. The number of hydrogen-bond donors (Lipinski definition) is 4. The number of nitrogens with one attached hydrogen (secondary N) is 1. The molecule has 0 aliphatic carbocycles. The molecule has 2 unspecified atom stereocenters. The minimum atomic E-state index is -0.891. The van der Waals surface area contributed by atoms with Crippen molar-refractivity contribution in [3.8, 4) is 0 Å². The molecule has 6 rings (SSSR count). The van der Waals surface area contributed by atoms with E-state index < -0.39 is 35.8 Å². The van der Waals surface area contributed by atoms with Crippen molar-refractivity contribution in [3.63, 3.8) is 0 Å². The molecule has 4 aromatic rings. The number of methoxy groups -OCH3 is 1. The summed E-state index contributed by atoms with van der Waals surface area (Å²) in [4.78, 5) is 36.1. The van der Waals surface area contributed by atoms with Gasteiger partial charge in [-0.1, -0.05) is 12.1 Å². The number of ether oxygens (including phenoxy) is 3. The third kappa shape index (κ3) is 5.88. The van der Waals surface area contributed by atoms with Crippen molar-refractivity contribution in [2.24, 2.45) is 5.92 Å². The number of aromatic nitrogens is 9. The van der Waals surface area contributed by atoms with E-state index in [1.54, 1.807) is 13.4 Å². The molecule has 6 N–H and O–H groups in total. The van der Waals surface area contributed by atoms with Gasteiger partial charge in [-0.15, -0.1) is 5.10 Å². The number of rotatable bonds is 13. The largest absolute Gasteiger partial charge is 0.382 e. The van der Waals surface area contributed by atoms with E-state index >= 15 is 0 Å². The van der Waals surface area contributed by atoms with Crippen LogP contribution in [0.2, 0.25) is 0 Å². The maximum absolute atomic E-state index is 12.1. The van der Waals surface area contributed by atoms with Gasteiger partial charge in [0.25, 0.3) is 5.56 Å². The third-order valence-corrected chi connectivity index (χ3v) is 9.40. The van der Waals surface area contributed by atoms with Crippen molar-refractivity contribution >= 4 is 52.4 Å². The average Bonchev–Trinajstić information content (AvgIpc) is 3.80. The number of nitrogens with two attached hydrogens (primary N) is 2. The zero-order valence-electron chi connectivity index (χ0n) is 24.5. The monoisotopic (exact) mass is 667 g/mol. The van der Waals surface area contributed by atoms with Crippen LogP contribution < -0.4 is 17.0 Å². The van der Waals surface area contributed by atoms with E-state index in [2.05, 4.69) is 56.5 Å². The fourth-order valence-corrected chi connectivity index (χ4v) is 7.36. The molecule has 0 aromatic carbocycles. The fourth-order valence-electron chi connectivity index (χ4n) is 6.20. The Morgan fingerprint density at radius 3 is 2.84 bits per heavy atom. The molecule has 6 heterocycles. The van der Waals surface area contributed by atoms with Crippen molar-refractivity contribution in [3.05, 3.63) is 23.0 Å². The smallest absolute Gasteiger partial charge is 0.282 e. The minimum absolute atomic E-state index is 0.00739. The Kier molecular flexibility index (Phi) is 9.52. The Bertz CT molecular complexity index is 1690. The highest BCUT2D eigenvalue weighted by Crippen LogP contribution is 2.48. The SMILES string of the molecule is CC[C@]1(COP)O[C@@H](n2cnc3c(N)ncnc32)[C@H](OC)[C@@H]1CCPOC[C@@H]1C[C@@H](OO)[C@H](n2nnc3c(=O)[nH]c(N)nc32)O1. The number of aromatic amines is 1. The van der Waals surface area contributed by atoms with Gasteiger partial charge >= 0.3 is 0 Å². The second-order valence-corrected chi connectivity index (χ2v) is 12.2. The van der Waals surface area contributed by atoms with Crippen molar-refractivity contribution in [2.45, 2.75) is 62.6 Å². The minimum Gasteiger partial charge on any atom is -0.382 e. The quantitative estimate of drug-likeness (QED) is 0.0665. The number of hydrogen-bond acceptors (Lipinski definition) is 16. The van der Waals surface area contributed by atoms with Gasteiger partial charge in [0.2, 0.25) is 5.95 Å². The summed E-state index contributed by atoms with van der Waals surface area (Å²) in [5.74, 6) is 0.143. The molecule has 21 heteroatoms. The van der Waals surface area contributed by atoms with E-state index in [0.29, 0.717) is 30.6 Å². The summed E-state index contributed by atoms with van der Waals surface area (Å²) in [7, 11) is 4.11. The maximum atomic E-state index is 12.1. The van der Waals surface area contributed by atoms with Crippen LogP contribution in [0.5, 0.6) is 0 Å². The first kappa shape index (κ1) is 32.0. The zero-order valence-corrected chi connectivity index (χ0v) is 26.6. The summed E-state index contributed by atoms with van der Waals surface area (Å²) < 4.78 is 33.5. The molecule has 0 bridgehead atoms. The number of imidazole rings is 1. The lowest BCUT2D eigenvalue weighted by Gasteiger charge is -2.33. The normalized spacial score (nSPS) is 28.8. The lowest BCUT2D eigenvalue weighted by atomic mass is 9.82. The molecule has 2 fully saturated rings. The van der Waals surface area contributed by atoms with Gasteiger partial charge in [-0.3, -0.25) is 19.6 Å². The van der Waals surface area contributed by atoms with E-state index in [4.69, 9.17) is 34.7 Å². The Hall–Kier alpha value is -2.99. The lowest BCUT2D eigenvalue weighted by Crippen LogP contribution is -2.42. The summed E-state index contributed by atoms with van der Waals surface area (Å²) in [5.41, 5.74) is 11.7. The van der Waals surface area contributed by atoms with Gasteiger partial charge in [-0.25, -0.2) is 19.8 Å². The second-order valence-electron chi connectivity index (χ2n) is 10.8. The van der Waals surface area contributed by atoms with Crippen molar-refractivity contribution in [2.75, 3.05) is 38.0 Å². The fraction of sp³-hybridized carbons (Fsp3) is 0.625. The van der Waals surface area contributed by atoms with Crippen LogP contribution in [0.15, 0.2) is 17.4 Å². The van der Waals surface area contributed by atoms with Gasteiger partial charge in [0.1, 0.15) is 24.1 Å². The number of nitrogen functional groups attached to an aromatic ring is 2. The molecular formula is C24H35N11O8P2. The van der Waals surface area contributed by atoms with Crippen LogP contribution in [0, 0.1) is 5.92 Å². The van der Waals surface area contributed by atoms with Gasteiger partial charge in [0, 0.05) is 37.7 Å². The van der Waals surface area contributed by atoms with Crippen molar-refractivity contribution in [1.82, 2.24) is 44.5 Å².